The van der Waals surface area contributed by atoms with Gasteiger partial charge in [0.05, 0.1) is 16.9 Å². The number of anilines is 3. The Balaban J connectivity index is 1.58. The molecule has 2 heterocycles. The van der Waals surface area contributed by atoms with Gasteiger partial charge in [-0.15, -0.1) is 32.0 Å². The Bertz CT molecular complexity index is 1170. The molecule has 0 aliphatic heterocycles. The lowest BCUT2D eigenvalue weighted by atomic mass is 10.1. The summed E-state index contributed by atoms with van der Waals surface area (Å²) in [6.45, 7) is 5.98. The van der Waals surface area contributed by atoms with E-state index in [4.69, 9.17) is 9.32 Å². The van der Waals surface area contributed by atoms with E-state index in [1.807, 2.05) is 63.7 Å². The van der Waals surface area contributed by atoms with Gasteiger partial charge in [-0.2, -0.15) is 5.48 Å². The zero-order valence-corrected chi connectivity index (χ0v) is 21.2. The number of benzene rings is 2. The summed E-state index contributed by atoms with van der Waals surface area (Å²) in [5, 5.41) is 10.2. The molecule has 2 aromatic carbocycles. The van der Waals surface area contributed by atoms with Crippen molar-refractivity contribution in [1.82, 2.24) is 15.4 Å². The van der Waals surface area contributed by atoms with Gasteiger partial charge in [0.15, 0.2) is 5.13 Å². The topological polar surface area (TPSA) is 80.3 Å². The molecule has 3 N–H and O–H groups in total. The van der Waals surface area contributed by atoms with Gasteiger partial charge in [-0.1, -0.05) is 6.07 Å². The van der Waals surface area contributed by atoms with Crippen LogP contribution in [0, 0.1) is 0 Å². The third kappa shape index (κ3) is 6.53. The molecule has 0 atom stereocenters. The van der Waals surface area contributed by atoms with Gasteiger partial charge in [-0.3, -0.25) is 0 Å². The number of hydrogen-bond acceptors (Lipinski definition) is 10. The molecule has 10 heteroatoms. The van der Waals surface area contributed by atoms with E-state index < -0.39 is 0 Å². The standard InChI is InChI=1S/C23H25N5O2S3/c1-23(2,3)28-29-30-33-19-13-17(27-22-25-11-12-31-22)9-10-18(19)20-14-26-21(32-20)15-5-7-16(24-4)8-6-15/h5-14,24,28H,1-4H3,(H,25,27). The number of hydroxylamine groups is 1. The zero-order chi connectivity index (χ0) is 23.3. The number of rotatable bonds is 9. The fraction of sp³-hybridized carbons (Fsp3) is 0.217. The first kappa shape index (κ1) is 23.7. The van der Waals surface area contributed by atoms with E-state index in [0.29, 0.717) is 0 Å². The predicted octanol–water partition coefficient (Wildman–Crippen LogP) is 6.98. The van der Waals surface area contributed by atoms with Crippen LogP contribution in [0.25, 0.3) is 21.0 Å². The lowest BCUT2D eigenvalue weighted by Gasteiger charge is -2.18. The Labute approximate surface area is 205 Å². The minimum Gasteiger partial charge on any atom is -0.388 e. The van der Waals surface area contributed by atoms with Gasteiger partial charge < -0.3 is 10.6 Å². The molecule has 0 aliphatic rings. The molecule has 0 amide bonds. The number of thiazole rings is 2. The molecule has 4 aromatic rings. The molecule has 4 rings (SSSR count). The van der Waals surface area contributed by atoms with E-state index in [2.05, 4.69) is 44.3 Å². The fourth-order valence-electron chi connectivity index (χ4n) is 2.79. The largest absolute Gasteiger partial charge is 0.388 e. The molecule has 0 saturated carbocycles. The summed E-state index contributed by atoms with van der Waals surface area (Å²) in [7, 11) is 1.91. The van der Waals surface area contributed by atoms with E-state index in [0.717, 1.165) is 54.5 Å². The molecule has 0 saturated heterocycles. The van der Waals surface area contributed by atoms with Gasteiger partial charge in [0.25, 0.3) is 0 Å². The van der Waals surface area contributed by atoms with Crippen molar-refractivity contribution in [3.8, 4) is 21.0 Å². The second-order valence-corrected chi connectivity index (χ2v) is 10.8. The smallest absolute Gasteiger partial charge is 0.187 e. The average Bonchev–Trinajstić information content (AvgIpc) is 3.49. The Morgan fingerprint density at radius 1 is 1.00 bits per heavy atom. The van der Waals surface area contributed by atoms with Gasteiger partial charge in [-0.25, -0.2) is 9.97 Å². The maximum atomic E-state index is 5.41. The van der Waals surface area contributed by atoms with Gasteiger partial charge in [0.2, 0.25) is 0 Å². The van der Waals surface area contributed by atoms with E-state index in [1.165, 1.54) is 0 Å². The molecule has 172 valence electrons. The number of hydrogen-bond donors (Lipinski definition) is 3. The highest BCUT2D eigenvalue weighted by Crippen LogP contribution is 2.39. The van der Waals surface area contributed by atoms with Gasteiger partial charge in [-0.05, 0) is 57.2 Å². The average molecular weight is 500 g/mol. The number of nitrogens with zero attached hydrogens (tertiary/aromatic N) is 2. The van der Waals surface area contributed by atoms with Crippen molar-refractivity contribution in [2.75, 3.05) is 17.7 Å². The molecule has 0 bridgehead atoms. The van der Waals surface area contributed by atoms with Crippen molar-refractivity contribution in [3.63, 3.8) is 0 Å². The molecule has 33 heavy (non-hydrogen) atoms. The van der Waals surface area contributed by atoms with E-state index in [9.17, 15) is 0 Å². The van der Waals surface area contributed by atoms with Gasteiger partial charge >= 0.3 is 0 Å². The maximum Gasteiger partial charge on any atom is 0.187 e. The first-order chi connectivity index (χ1) is 15.9. The van der Waals surface area contributed by atoms with Crippen LogP contribution < -0.4 is 16.1 Å². The molecule has 0 aliphatic carbocycles. The summed E-state index contributed by atoms with van der Waals surface area (Å²) < 4.78 is 5.41. The molecule has 7 nitrogen and oxygen atoms in total. The summed E-state index contributed by atoms with van der Waals surface area (Å²) in [6, 6.07) is 14.3. The van der Waals surface area contributed by atoms with Crippen molar-refractivity contribution in [3.05, 3.63) is 60.2 Å². The summed E-state index contributed by atoms with van der Waals surface area (Å²) >= 11 is 4.33. The Morgan fingerprint density at radius 2 is 1.79 bits per heavy atom. The minimum atomic E-state index is -0.229. The third-order valence-corrected chi connectivity index (χ3v) is 6.78. The number of nitrogens with one attached hydrogen (secondary N) is 3. The highest BCUT2D eigenvalue weighted by Gasteiger charge is 2.15. The lowest BCUT2D eigenvalue weighted by molar-refractivity contribution is -0.262. The van der Waals surface area contributed by atoms with Crippen LogP contribution in [-0.4, -0.2) is 22.6 Å². The highest BCUT2D eigenvalue weighted by atomic mass is 32.2. The van der Waals surface area contributed by atoms with Gasteiger partial charge in [0.1, 0.15) is 5.01 Å². The fourth-order valence-corrected chi connectivity index (χ4v) is 4.95. The highest BCUT2D eigenvalue weighted by molar-refractivity contribution is 7.94. The van der Waals surface area contributed by atoms with Crippen LogP contribution in [0.5, 0.6) is 0 Å². The second kappa shape index (κ2) is 10.6. The van der Waals surface area contributed by atoms with Crippen molar-refractivity contribution >= 4 is 51.2 Å². The van der Waals surface area contributed by atoms with Crippen LogP contribution in [0.4, 0.5) is 16.5 Å². The SMILES string of the molecule is CNc1ccc(-c2ncc(-c3ccc(Nc4nccs4)cc3SOONC(C)(C)C)s2)cc1. The van der Waals surface area contributed by atoms with Crippen LogP contribution >= 0.6 is 34.7 Å². The molecular weight excluding hydrogens is 474 g/mol. The van der Waals surface area contributed by atoms with Crippen molar-refractivity contribution < 1.29 is 9.32 Å². The van der Waals surface area contributed by atoms with Crippen LogP contribution in [0.3, 0.4) is 0 Å². The van der Waals surface area contributed by atoms with Gasteiger partial charge in [0, 0.05) is 57.8 Å². The summed E-state index contributed by atoms with van der Waals surface area (Å²) in [4.78, 5) is 16.1. The maximum absolute atomic E-state index is 5.41. The number of aromatic nitrogens is 2. The van der Waals surface area contributed by atoms with Crippen LogP contribution in [0.2, 0.25) is 0 Å². The monoisotopic (exact) mass is 499 g/mol. The molecular formula is C23H25N5O2S3. The predicted molar refractivity (Wildman–Crippen MR) is 139 cm³/mol. The first-order valence-electron chi connectivity index (χ1n) is 10.2. The van der Waals surface area contributed by atoms with Crippen LogP contribution in [-0.2, 0) is 9.32 Å². The van der Waals surface area contributed by atoms with E-state index >= 15 is 0 Å². The van der Waals surface area contributed by atoms with Crippen LogP contribution in [0.15, 0.2) is 65.1 Å². The van der Waals surface area contributed by atoms with Crippen molar-refractivity contribution in [2.24, 2.45) is 0 Å². The molecule has 0 unspecified atom stereocenters. The van der Waals surface area contributed by atoms with Crippen molar-refractivity contribution in [2.45, 2.75) is 31.2 Å². The van der Waals surface area contributed by atoms with E-state index in [1.54, 1.807) is 28.9 Å². The zero-order valence-electron chi connectivity index (χ0n) is 18.7. The third-order valence-electron chi connectivity index (χ3n) is 4.36. The normalized spacial score (nSPS) is 11.5. The summed E-state index contributed by atoms with van der Waals surface area (Å²) in [5.74, 6) is 0. The van der Waals surface area contributed by atoms with Crippen LogP contribution in [0.1, 0.15) is 20.8 Å². The van der Waals surface area contributed by atoms with E-state index in [-0.39, 0.29) is 5.54 Å². The molecule has 0 fully saturated rings. The second-order valence-electron chi connectivity index (χ2n) is 8.12. The summed E-state index contributed by atoms with van der Waals surface area (Å²) in [5.41, 5.74) is 6.70. The Morgan fingerprint density at radius 3 is 2.48 bits per heavy atom. The lowest BCUT2D eigenvalue weighted by Crippen LogP contribution is -2.35. The molecule has 0 radical (unpaired) electrons. The Hall–Kier alpha value is -2.47. The summed E-state index contributed by atoms with van der Waals surface area (Å²) in [6.07, 6.45) is 3.67. The van der Waals surface area contributed by atoms with Crippen molar-refractivity contribution in [1.29, 1.82) is 0 Å². The molecule has 2 aromatic heterocycles. The first-order valence-corrected chi connectivity index (χ1v) is 12.7. The minimum absolute atomic E-state index is 0.229. The Kier molecular flexibility index (Phi) is 7.63. The quantitative estimate of drug-likeness (QED) is 0.0985. The molecule has 0 spiro atoms.